The Morgan fingerprint density at radius 2 is 1.88 bits per heavy atom. The topological polar surface area (TPSA) is 78.5 Å². The maximum atomic E-state index is 12.3. The average Bonchev–Trinajstić information content (AvgIpc) is 2.52. The Kier molecular flexibility index (Phi) is 5.53. The van der Waals surface area contributed by atoms with Gasteiger partial charge in [0.05, 0.1) is 0 Å². The summed E-state index contributed by atoms with van der Waals surface area (Å²) in [5.41, 5.74) is 1.56. The van der Waals surface area contributed by atoms with E-state index in [0.717, 1.165) is 49.8 Å². The van der Waals surface area contributed by atoms with Gasteiger partial charge in [0.25, 0.3) is 10.2 Å². The van der Waals surface area contributed by atoms with Gasteiger partial charge >= 0.3 is 0 Å². The number of piperidine rings is 1. The molecule has 132 valence electrons. The number of anilines is 1. The molecule has 0 bridgehead atoms. The molecule has 2 N–H and O–H groups in total. The molecule has 0 atom stereocenters. The summed E-state index contributed by atoms with van der Waals surface area (Å²) in [6, 6.07) is 7.35. The van der Waals surface area contributed by atoms with Crippen molar-refractivity contribution in [1.82, 2.24) is 9.03 Å². The lowest BCUT2D eigenvalue weighted by atomic mass is 9.85. The van der Waals surface area contributed by atoms with Crippen LogP contribution in [0.4, 0.5) is 5.69 Å². The first-order valence-electron chi connectivity index (χ1n) is 8.69. The molecule has 1 aliphatic carbocycles. The Bertz CT molecular complexity index is 680. The number of carbonyl (C=O) groups is 1. The summed E-state index contributed by atoms with van der Waals surface area (Å²) in [7, 11) is -3.43. The molecule has 0 aromatic heterocycles. The maximum Gasteiger partial charge on any atom is 0.279 e. The van der Waals surface area contributed by atoms with Gasteiger partial charge in [0, 0.05) is 31.2 Å². The molecular formula is C17H25N3O3S. The van der Waals surface area contributed by atoms with Crippen molar-refractivity contribution in [3.63, 3.8) is 0 Å². The first-order valence-corrected chi connectivity index (χ1v) is 10.1. The number of carbonyl (C=O) groups excluding carboxylic acids is 1. The van der Waals surface area contributed by atoms with E-state index in [1.165, 1.54) is 4.31 Å². The highest BCUT2D eigenvalue weighted by molar-refractivity contribution is 7.87. The monoisotopic (exact) mass is 351 g/mol. The molecule has 1 aromatic rings. The Hall–Kier alpha value is -1.44. The first-order chi connectivity index (χ1) is 11.5. The summed E-state index contributed by atoms with van der Waals surface area (Å²) in [5.74, 6) is 0.193. The predicted octanol–water partition coefficient (Wildman–Crippen LogP) is 2.25. The Morgan fingerprint density at radius 3 is 2.54 bits per heavy atom. The van der Waals surface area contributed by atoms with Crippen molar-refractivity contribution in [2.75, 3.05) is 18.4 Å². The molecule has 2 fully saturated rings. The van der Waals surface area contributed by atoms with Gasteiger partial charge in [0.15, 0.2) is 0 Å². The molecule has 1 amide bonds. The van der Waals surface area contributed by atoms with Crippen LogP contribution >= 0.6 is 0 Å². The lowest BCUT2D eigenvalue weighted by Gasteiger charge is -2.26. The Balaban J connectivity index is 1.56. The van der Waals surface area contributed by atoms with E-state index in [0.29, 0.717) is 13.1 Å². The SMILES string of the molecule is O=C(Nc1cccc(CNS(=O)(=O)N2CCCCC2)c1)C1CCC1. The van der Waals surface area contributed by atoms with Crippen molar-refractivity contribution in [1.29, 1.82) is 0 Å². The lowest BCUT2D eigenvalue weighted by Crippen LogP contribution is -2.43. The van der Waals surface area contributed by atoms with Gasteiger partial charge in [-0.15, -0.1) is 0 Å². The van der Waals surface area contributed by atoms with Gasteiger partial charge in [-0.1, -0.05) is 25.0 Å². The largest absolute Gasteiger partial charge is 0.326 e. The van der Waals surface area contributed by atoms with Crippen LogP contribution in [-0.2, 0) is 21.5 Å². The molecule has 24 heavy (non-hydrogen) atoms. The highest BCUT2D eigenvalue weighted by Gasteiger charge is 2.25. The van der Waals surface area contributed by atoms with Crippen LogP contribution in [0.15, 0.2) is 24.3 Å². The second-order valence-electron chi connectivity index (χ2n) is 6.60. The summed E-state index contributed by atoms with van der Waals surface area (Å²) < 4.78 is 28.8. The van der Waals surface area contributed by atoms with E-state index in [1.807, 2.05) is 24.3 Å². The van der Waals surface area contributed by atoms with Gasteiger partial charge in [0.2, 0.25) is 5.91 Å². The summed E-state index contributed by atoms with van der Waals surface area (Å²) in [6.07, 6.45) is 5.97. The number of hydrogen-bond acceptors (Lipinski definition) is 3. The van der Waals surface area contributed by atoms with Crippen molar-refractivity contribution in [3.8, 4) is 0 Å². The third-order valence-electron chi connectivity index (χ3n) is 4.78. The van der Waals surface area contributed by atoms with Crippen LogP contribution in [0.25, 0.3) is 0 Å². The van der Waals surface area contributed by atoms with Gasteiger partial charge in [-0.3, -0.25) is 4.79 Å². The molecule has 1 saturated carbocycles. The second kappa shape index (κ2) is 7.63. The molecule has 1 aromatic carbocycles. The van der Waals surface area contributed by atoms with E-state index in [2.05, 4.69) is 10.0 Å². The van der Waals surface area contributed by atoms with Crippen LogP contribution in [0.1, 0.15) is 44.1 Å². The zero-order valence-electron chi connectivity index (χ0n) is 13.8. The number of amides is 1. The highest BCUT2D eigenvalue weighted by atomic mass is 32.2. The summed E-state index contributed by atoms with van der Waals surface area (Å²) in [6.45, 7) is 1.41. The molecule has 1 aliphatic heterocycles. The Labute approximate surface area is 143 Å². The fourth-order valence-corrected chi connectivity index (χ4v) is 4.32. The highest BCUT2D eigenvalue weighted by Crippen LogP contribution is 2.27. The zero-order chi connectivity index (χ0) is 17.0. The standard InChI is InChI=1S/C17H25N3O3S/c21-17(15-7-5-8-15)19-16-9-4-6-14(12-16)13-18-24(22,23)20-10-2-1-3-11-20/h4,6,9,12,15,18H,1-3,5,7-8,10-11,13H2,(H,19,21). The van der Waals surface area contributed by atoms with E-state index < -0.39 is 10.2 Å². The van der Waals surface area contributed by atoms with Crippen LogP contribution < -0.4 is 10.0 Å². The van der Waals surface area contributed by atoms with Crippen molar-refractivity contribution in [2.24, 2.45) is 5.92 Å². The minimum absolute atomic E-state index is 0.0623. The molecule has 1 heterocycles. The molecule has 3 rings (SSSR count). The van der Waals surface area contributed by atoms with Crippen LogP contribution in [0, 0.1) is 5.92 Å². The van der Waals surface area contributed by atoms with Crippen molar-refractivity contribution < 1.29 is 13.2 Å². The molecule has 0 radical (unpaired) electrons. The lowest BCUT2D eigenvalue weighted by molar-refractivity contribution is -0.122. The number of nitrogens with one attached hydrogen (secondary N) is 2. The van der Waals surface area contributed by atoms with Gasteiger partial charge in [-0.25, -0.2) is 0 Å². The van der Waals surface area contributed by atoms with Gasteiger partial charge in [0.1, 0.15) is 0 Å². The van der Waals surface area contributed by atoms with Crippen molar-refractivity contribution in [2.45, 2.75) is 45.1 Å². The quantitative estimate of drug-likeness (QED) is 0.825. The molecule has 1 saturated heterocycles. The van der Waals surface area contributed by atoms with Gasteiger partial charge in [-0.2, -0.15) is 17.4 Å². The first kappa shape index (κ1) is 17.4. The third kappa shape index (κ3) is 4.34. The summed E-state index contributed by atoms with van der Waals surface area (Å²) in [4.78, 5) is 12.0. The van der Waals surface area contributed by atoms with E-state index in [4.69, 9.17) is 0 Å². The van der Waals surface area contributed by atoms with Crippen LogP contribution in [-0.4, -0.2) is 31.7 Å². The van der Waals surface area contributed by atoms with E-state index in [9.17, 15) is 13.2 Å². The predicted molar refractivity (Wildman–Crippen MR) is 93.6 cm³/mol. The van der Waals surface area contributed by atoms with E-state index in [1.54, 1.807) is 0 Å². The van der Waals surface area contributed by atoms with Crippen LogP contribution in [0.2, 0.25) is 0 Å². The summed E-state index contributed by atoms with van der Waals surface area (Å²) >= 11 is 0. The smallest absolute Gasteiger partial charge is 0.279 e. The van der Waals surface area contributed by atoms with Gasteiger partial charge in [-0.05, 0) is 43.4 Å². The average molecular weight is 351 g/mol. The third-order valence-corrected chi connectivity index (χ3v) is 6.34. The minimum atomic E-state index is -3.43. The Morgan fingerprint density at radius 1 is 1.12 bits per heavy atom. The van der Waals surface area contributed by atoms with Crippen molar-refractivity contribution in [3.05, 3.63) is 29.8 Å². The number of nitrogens with zero attached hydrogens (tertiary/aromatic N) is 1. The molecule has 6 nitrogen and oxygen atoms in total. The van der Waals surface area contributed by atoms with Crippen LogP contribution in [0.5, 0.6) is 0 Å². The fraction of sp³-hybridized carbons (Fsp3) is 0.588. The number of benzene rings is 1. The molecule has 2 aliphatic rings. The van der Waals surface area contributed by atoms with Crippen LogP contribution in [0.3, 0.4) is 0 Å². The maximum absolute atomic E-state index is 12.3. The zero-order valence-corrected chi connectivity index (χ0v) is 14.6. The fourth-order valence-electron chi connectivity index (χ4n) is 3.04. The molecule has 0 spiro atoms. The van der Waals surface area contributed by atoms with Crippen molar-refractivity contribution >= 4 is 21.8 Å². The minimum Gasteiger partial charge on any atom is -0.326 e. The second-order valence-corrected chi connectivity index (χ2v) is 8.36. The van der Waals surface area contributed by atoms with E-state index >= 15 is 0 Å². The summed E-state index contributed by atoms with van der Waals surface area (Å²) in [5, 5.41) is 2.92. The normalized spacial score (nSPS) is 19.7. The molecular weight excluding hydrogens is 326 g/mol. The van der Waals surface area contributed by atoms with Gasteiger partial charge < -0.3 is 5.32 Å². The number of hydrogen-bond donors (Lipinski definition) is 2. The number of rotatable bonds is 6. The molecule has 7 heteroatoms. The molecule has 0 unspecified atom stereocenters. The van der Waals surface area contributed by atoms with E-state index in [-0.39, 0.29) is 18.4 Å².